The standard InChI is InChI=1S/C14H19NO5/c1-2-10-5-3-4-6-12(10)20-9-13(17)15-8-11(16)7-14(18)19/h3-6,11,16H,2,7-9H2,1H3,(H,15,17)(H,18,19). The molecule has 1 aromatic carbocycles. The summed E-state index contributed by atoms with van der Waals surface area (Å²) in [7, 11) is 0. The summed E-state index contributed by atoms with van der Waals surface area (Å²) in [4.78, 5) is 21.8. The van der Waals surface area contributed by atoms with Crippen molar-refractivity contribution >= 4 is 11.9 Å². The summed E-state index contributed by atoms with van der Waals surface area (Å²) in [5, 5.41) is 20.2. The molecule has 0 aliphatic heterocycles. The van der Waals surface area contributed by atoms with Crippen molar-refractivity contribution in [2.75, 3.05) is 13.2 Å². The summed E-state index contributed by atoms with van der Waals surface area (Å²) in [6.45, 7) is 1.71. The van der Waals surface area contributed by atoms with Crippen LogP contribution in [-0.4, -0.2) is 41.3 Å². The Bertz CT molecular complexity index is 461. The van der Waals surface area contributed by atoms with Gasteiger partial charge in [-0.05, 0) is 18.1 Å². The molecule has 110 valence electrons. The number of aliphatic hydroxyl groups is 1. The van der Waals surface area contributed by atoms with Crippen molar-refractivity contribution in [3.8, 4) is 5.75 Å². The van der Waals surface area contributed by atoms with Crippen LogP contribution in [0.1, 0.15) is 18.9 Å². The minimum absolute atomic E-state index is 0.107. The normalized spacial score (nSPS) is 11.7. The fourth-order valence-electron chi connectivity index (χ4n) is 1.64. The highest BCUT2D eigenvalue weighted by molar-refractivity contribution is 5.77. The second-order valence-corrected chi connectivity index (χ2v) is 4.31. The molecule has 0 spiro atoms. The number of carboxylic acids is 1. The number of nitrogens with one attached hydrogen (secondary N) is 1. The number of hydrogen-bond donors (Lipinski definition) is 3. The lowest BCUT2D eigenvalue weighted by Crippen LogP contribution is -2.36. The maximum absolute atomic E-state index is 11.5. The van der Waals surface area contributed by atoms with Crippen molar-refractivity contribution < 1.29 is 24.5 Å². The second kappa shape index (κ2) is 8.16. The second-order valence-electron chi connectivity index (χ2n) is 4.31. The maximum atomic E-state index is 11.5. The number of benzene rings is 1. The molecule has 1 rings (SSSR count). The monoisotopic (exact) mass is 281 g/mol. The maximum Gasteiger partial charge on any atom is 0.306 e. The minimum Gasteiger partial charge on any atom is -0.483 e. The molecule has 0 aliphatic carbocycles. The van der Waals surface area contributed by atoms with Crippen molar-refractivity contribution in [3.05, 3.63) is 29.8 Å². The first kappa shape index (κ1) is 16.0. The number of carbonyl (C=O) groups excluding carboxylic acids is 1. The van der Waals surface area contributed by atoms with Crippen LogP contribution in [0, 0.1) is 0 Å². The van der Waals surface area contributed by atoms with Gasteiger partial charge in [-0.2, -0.15) is 0 Å². The van der Waals surface area contributed by atoms with Gasteiger partial charge in [0.25, 0.3) is 5.91 Å². The number of aliphatic hydroxyl groups excluding tert-OH is 1. The molecular formula is C14H19NO5. The Morgan fingerprint density at radius 2 is 2.05 bits per heavy atom. The highest BCUT2D eigenvalue weighted by Gasteiger charge is 2.11. The molecule has 0 aromatic heterocycles. The van der Waals surface area contributed by atoms with E-state index in [1.807, 2.05) is 25.1 Å². The SMILES string of the molecule is CCc1ccccc1OCC(=O)NCC(O)CC(=O)O. The van der Waals surface area contributed by atoms with Gasteiger partial charge in [0.1, 0.15) is 5.75 Å². The molecule has 0 saturated heterocycles. The Balaban J connectivity index is 2.34. The van der Waals surface area contributed by atoms with Gasteiger partial charge < -0.3 is 20.3 Å². The fraction of sp³-hybridized carbons (Fsp3) is 0.429. The minimum atomic E-state index is -1.11. The van der Waals surface area contributed by atoms with E-state index in [0.29, 0.717) is 5.75 Å². The number of aliphatic carboxylic acids is 1. The van der Waals surface area contributed by atoms with Gasteiger partial charge in [0, 0.05) is 6.54 Å². The summed E-state index contributed by atoms with van der Waals surface area (Å²) in [5.41, 5.74) is 1.01. The van der Waals surface area contributed by atoms with E-state index in [-0.39, 0.29) is 13.2 Å². The van der Waals surface area contributed by atoms with Crippen LogP contribution in [0.15, 0.2) is 24.3 Å². The number of aryl methyl sites for hydroxylation is 1. The van der Waals surface area contributed by atoms with Crippen LogP contribution in [0.5, 0.6) is 5.75 Å². The predicted molar refractivity (Wildman–Crippen MR) is 72.6 cm³/mol. The van der Waals surface area contributed by atoms with Crippen molar-refractivity contribution in [1.29, 1.82) is 0 Å². The first-order valence-corrected chi connectivity index (χ1v) is 6.40. The summed E-state index contributed by atoms with van der Waals surface area (Å²) in [6, 6.07) is 7.42. The van der Waals surface area contributed by atoms with E-state index in [1.165, 1.54) is 0 Å². The van der Waals surface area contributed by atoms with E-state index < -0.39 is 24.4 Å². The van der Waals surface area contributed by atoms with Gasteiger partial charge >= 0.3 is 5.97 Å². The van der Waals surface area contributed by atoms with Gasteiger partial charge in [-0.1, -0.05) is 25.1 Å². The number of hydrogen-bond acceptors (Lipinski definition) is 4. The van der Waals surface area contributed by atoms with E-state index in [4.69, 9.17) is 9.84 Å². The highest BCUT2D eigenvalue weighted by Crippen LogP contribution is 2.17. The number of carboxylic acid groups (broad SMARTS) is 1. The first-order valence-electron chi connectivity index (χ1n) is 6.40. The Morgan fingerprint density at radius 3 is 2.70 bits per heavy atom. The van der Waals surface area contributed by atoms with E-state index in [2.05, 4.69) is 5.32 Å². The predicted octanol–water partition coefficient (Wildman–Crippen LogP) is 0.580. The molecule has 0 saturated carbocycles. The van der Waals surface area contributed by atoms with E-state index >= 15 is 0 Å². The van der Waals surface area contributed by atoms with E-state index in [0.717, 1.165) is 12.0 Å². The van der Waals surface area contributed by atoms with E-state index in [9.17, 15) is 14.7 Å². The number of carbonyl (C=O) groups is 2. The van der Waals surface area contributed by atoms with E-state index in [1.54, 1.807) is 6.07 Å². The van der Waals surface area contributed by atoms with Gasteiger partial charge in [0.2, 0.25) is 0 Å². The molecule has 6 heteroatoms. The highest BCUT2D eigenvalue weighted by atomic mass is 16.5. The van der Waals surface area contributed by atoms with Crippen LogP contribution in [0.25, 0.3) is 0 Å². The third kappa shape index (κ3) is 5.71. The zero-order valence-electron chi connectivity index (χ0n) is 11.3. The fourth-order valence-corrected chi connectivity index (χ4v) is 1.64. The van der Waals surface area contributed by atoms with Crippen LogP contribution in [0.4, 0.5) is 0 Å². The van der Waals surface area contributed by atoms with Crippen molar-refractivity contribution in [1.82, 2.24) is 5.32 Å². The summed E-state index contributed by atoms with van der Waals surface area (Å²) < 4.78 is 5.39. The molecule has 0 fully saturated rings. The molecule has 1 atom stereocenters. The molecular weight excluding hydrogens is 262 g/mol. The zero-order valence-corrected chi connectivity index (χ0v) is 11.3. The van der Waals surface area contributed by atoms with Crippen LogP contribution < -0.4 is 10.1 Å². The van der Waals surface area contributed by atoms with Crippen molar-refractivity contribution in [2.45, 2.75) is 25.9 Å². The average molecular weight is 281 g/mol. The Morgan fingerprint density at radius 1 is 1.35 bits per heavy atom. The average Bonchev–Trinajstić information content (AvgIpc) is 2.42. The lowest BCUT2D eigenvalue weighted by atomic mass is 10.1. The lowest BCUT2D eigenvalue weighted by Gasteiger charge is -2.12. The molecule has 3 N–H and O–H groups in total. The molecule has 6 nitrogen and oxygen atoms in total. The van der Waals surface area contributed by atoms with Crippen molar-refractivity contribution in [2.24, 2.45) is 0 Å². The third-order valence-corrected chi connectivity index (χ3v) is 2.66. The Hall–Kier alpha value is -2.08. The van der Waals surface area contributed by atoms with Gasteiger partial charge in [0.05, 0.1) is 12.5 Å². The smallest absolute Gasteiger partial charge is 0.306 e. The van der Waals surface area contributed by atoms with Crippen molar-refractivity contribution in [3.63, 3.8) is 0 Å². The van der Waals surface area contributed by atoms with Gasteiger partial charge in [0.15, 0.2) is 6.61 Å². The molecule has 0 aliphatic rings. The van der Waals surface area contributed by atoms with Gasteiger partial charge in [-0.25, -0.2) is 0 Å². The molecule has 0 heterocycles. The largest absolute Gasteiger partial charge is 0.483 e. The number of para-hydroxylation sites is 1. The number of rotatable bonds is 8. The van der Waals surface area contributed by atoms with Crippen LogP contribution in [0.2, 0.25) is 0 Å². The van der Waals surface area contributed by atoms with Crippen LogP contribution >= 0.6 is 0 Å². The molecule has 0 bridgehead atoms. The van der Waals surface area contributed by atoms with Gasteiger partial charge in [-0.15, -0.1) is 0 Å². The third-order valence-electron chi connectivity index (χ3n) is 2.66. The summed E-state index contributed by atoms with van der Waals surface area (Å²) in [6.07, 6.45) is -0.700. The van der Waals surface area contributed by atoms with Crippen LogP contribution in [0.3, 0.4) is 0 Å². The molecule has 1 aromatic rings. The first-order chi connectivity index (χ1) is 9.52. The molecule has 1 unspecified atom stereocenters. The Kier molecular flexibility index (Phi) is 6.52. The quantitative estimate of drug-likeness (QED) is 0.648. The van der Waals surface area contributed by atoms with Gasteiger partial charge in [-0.3, -0.25) is 9.59 Å². The molecule has 0 radical (unpaired) electrons. The number of ether oxygens (including phenoxy) is 1. The topological polar surface area (TPSA) is 95.9 Å². The van der Waals surface area contributed by atoms with Crippen LogP contribution in [-0.2, 0) is 16.0 Å². The molecule has 1 amide bonds. The number of amides is 1. The Labute approximate surface area is 117 Å². The zero-order chi connectivity index (χ0) is 15.0. The lowest BCUT2D eigenvalue weighted by molar-refractivity contribution is -0.139. The molecule has 20 heavy (non-hydrogen) atoms. The summed E-state index contributed by atoms with van der Waals surface area (Å²) in [5.74, 6) is -0.864. The summed E-state index contributed by atoms with van der Waals surface area (Å²) >= 11 is 0.